The van der Waals surface area contributed by atoms with Crippen molar-refractivity contribution in [2.45, 2.75) is 39.2 Å². The molecule has 2 aromatic rings. The minimum absolute atomic E-state index is 0.206. The number of Topliss-reactive ketones (excluding diaryl/α,β-unsaturated/α-hetero) is 1. The van der Waals surface area contributed by atoms with Crippen LogP contribution in [0.25, 0.3) is 0 Å². The molecule has 0 N–H and O–H groups in total. The summed E-state index contributed by atoms with van der Waals surface area (Å²) in [6.07, 6.45) is 1.52. The van der Waals surface area contributed by atoms with Crippen LogP contribution in [0, 0.1) is 12.8 Å². The Balaban J connectivity index is 1.67. The Morgan fingerprint density at radius 1 is 1.35 bits per heavy atom. The van der Waals surface area contributed by atoms with E-state index in [9.17, 15) is 4.79 Å². The highest BCUT2D eigenvalue weighted by Crippen LogP contribution is 2.48. The van der Waals surface area contributed by atoms with E-state index in [1.165, 1.54) is 5.56 Å². The topological polar surface area (TPSA) is 34.9 Å². The molecule has 1 aromatic carbocycles. The second kappa shape index (κ2) is 5.23. The summed E-state index contributed by atoms with van der Waals surface area (Å²) in [7, 11) is 0. The van der Waals surface area contributed by atoms with Gasteiger partial charge in [0.25, 0.3) is 0 Å². The van der Waals surface area contributed by atoms with Gasteiger partial charge in [-0.1, -0.05) is 30.3 Å². The summed E-state index contributed by atoms with van der Waals surface area (Å²) in [6.45, 7) is 4.86. The van der Waals surface area contributed by atoms with Crippen LogP contribution < -0.4 is 0 Å². The van der Waals surface area contributed by atoms with Crippen LogP contribution in [0.2, 0.25) is 0 Å². The summed E-state index contributed by atoms with van der Waals surface area (Å²) in [5.41, 5.74) is 3.34. The molecule has 1 aromatic heterocycles. The van der Waals surface area contributed by atoms with Crippen molar-refractivity contribution in [2.24, 2.45) is 5.92 Å². The predicted molar refractivity (Wildman–Crippen MR) is 78.6 cm³/mol. The first kappa shape index (κ1) is 13.1. The largest absolute Gasteiger partial charge is 0.299 e. The third-order valence-corrected chi connectivity index (χ3v) is 4.07. The highest BCUT2D eigenvalue weighted by atomic mass is 16.1. The smallest absolute Gasteiger partial charge is 0.142 e. The number of aryl methyl sites for hydroxylation is 2. The molecule has 1 aliphatic carbocycles. The maximum absolute atomic E-state index is 12.4. The lowest BCUT2D eigenvalue weighted by atomic mass is 10.1. The van der Waals surface area contributed by atoms with Crippen LogP contribution in [0.5, 0.6) is 0 Å². The van der Waals surface area contributed by atoms with E-state index in [1.54, 1.807) is 0 Å². The van der Waals surface area contributed by atoms with Gasteiger partial charge in [-0.25, -0.2) is 0 Å². The molecule has 0 saturated heterocycles. The van der Waals surface area contributed by atoms with Gasteiger partial charge in [0, 0.05) is 24.6 Å². The summed E-state index contributed by atoms with van der Waals surface area (Å²) in [6, 6.07) is 12.4. The molecule has 3 nitrogen and oxygen atoms in total. The number of carbonyl (C=O) groups is 1. The van der Waals surface area contributed by atoms with Crippen molar-refractivity contribution in [2.75, 3.05) is 0 Å². The molecule has 0 radical (unpaired) electrons. The van der Waals surface area contributed by atoms with Gasteiger partial charge in [-0.2, -0.15) is 5.10 Å². The van der Waals surface area contributed by atoms with E-state index >= 15 is 0 Å². The number of nitrogens with zero attached hydrogens (tertiary/aromatic N) is 2. The van der Waals surface area contributed by atoms with Gasteiger partial charge in [-0.15, -0.1) is 0 Å². The number of ketones is 1. The van der Waals surface area contributed by atoms with E-state index in [4.69, 9.17) is 0 Å². The highest BCUT2D eigenvalue weighted by Gasteiger charge is 2.43. The fraction of sp³-hybridized carbons (Fsp3) is 0.412. The van der Waals surface area contributed by atoms with Gasteiger partial charge >= 0.3 is 0 Å². The van der Waals surface area contributed by atoms with Crippen molar-refractivity contribution in [3.63, 3.8) is 0 Å². The van der Waals surface area contributed by atoms with Crippen LogP contribution in [0.15, 0.2) is 36.4 Å². The molecule has 1 aliphatic rings. The Morgan fingerprint density at radius 3 is 2.80 bits per heavy atom. The lowest BCUT2D eigenvalue weighted by molar-refractivity contribution is -0.119. The molecular weight excluding hydrogens is 248 g/mol. The summed E-state index contributed by atoms with van der Waals surface area (Å²) in [5, 5.41) is 4.40. The molecule has 1 saturated carbocycles. The number of hydrogen-bond donors (Lipinski definition) is 0. The van der Waals surface area contributed by atoms with Crippen LogP contribution in [0.4, 0.5) is 0 Å². The third-order valence-electron chi connectivity index (χ3n) is 4.07. The van der Waals surface area contributed by atoms with Crippen LogP contribution in [0.3, 0.4) is 0 Å². The molecule has 104 valence electrons. The fourth-order valence-corrected chi connectivity index (χ4v) is 2.94. The number of aromatic nitrogens is 2. The number of hydrogen-bond acceptors (Lipinski definition) is 2. The van der Waals surface area contributed by atoms with Gasteiger partial charge in [-0.05, 0) is 37.8 Å². The molecule has 1 heterocycles. The molecule has 0 bridgehead atoms. The molecule has 20 heavy (non-hydrogen) atoms. The van der Waals surface area contributed by atoms with Gasteiger partial charge in [-0.3, -0.25) is 9.48 Å². The van der Waals surface area contributed by atoms with Crippen LogP contribution in [0.1, 0.15) is 36.2 Å². The highest BCUT2D eigenvalue weighted by molar-refractivity contribution is 5.86. The second-order valence-electron chi connectivity index (χ2n) is 5.60. The van der Waals surface area contributed by atoms with Crippen molar-refractivity contribution >= 4 is 5.78 Å². The zero-order chi connectivity index (χ0) is 14.1. The zero-order valence-electron chi connectivity index (χ0n) is 12.0. The fourth-order valence-electron chi connectivity index (χ4n) is 2.94. The SMILES string of the molecule is CCn1nc(C)cc1CC(=O)C1CC1c1ccccc1. The summed E-state index contributed by atoms with van der Waals surface area (Å²) in [5.74, 6) is 0.995. The Morgan fingerprint density at radius 2 is 2.10 bits per heavy atom. The van der Waals surface area contributed by atoms with Crippen LogP contribution in [-0.4, -0.2) is 15.6 Å². The molecule has 0 spiro atoms. The molecule has 1 fully saturated rings. The number of benzene rings is 1. The normalized spacial score (nSPS) is 20.9. The monoisotopic (exact) mass is 268 g/mol. The molecule has 3 rings (SSSR count). The minimum atomic E-state index is 0.206. The van der Waals surface area contributed by atoms with E-state index in [0.717, 1.165) is 24.4 Å². The van der Waals surface area contributed by atoms with Gasteiger partial charge in [0.15, 0.2) is 0 Å². The second-order valence-corrected chi connectivity index (χ2v) is 5.60. The Bertz CT molecular complexity index is 615. The maximum atomic E-state index is 12.4. The Labute approximate surface area is 119 Å². The standard InChI is InChI=1S/C17H20N2O/c1-3-19-14(9-12(2)18-19)10-17(20)16-11-15(16)13-7-5-4-6-8-13/h4-9,15-16H,3,10-11H2,1-2H3. The number of rotatable bonds is 5. The molecular formula is C17H20N2O. The van der Waals surface area contributed by atoms with Gasteiger partial charge in [0.05, 0.1) is 5.69 Å². The lowest BCUT2D eigenvalue weighted by Crippen LogP contribution is -2.11. The van der Waals surface area contributed by atoms with Crippen molar-refractivity contribution in [1.82, 2.24) is 9.78 Å². The van der Waals surface area contributed by atoms with Gasteiger partial charge in [0.1, 0.15) is 5.78 Å². The average Bonchev–Trinajstić information content (AvgIpc) is 3.18. The van der Waals surface area contributed by atoms with E-state index in [1.807, 2.05) is 35.9 Å². The molecule has 0 aliphatic heterocycles. The lowest BCUT2D eigenvalue weighted by Gasteiger charge is -2.04. The van der Waals surface area contributed by atoms with E-state index in [-0.39, 0.29) is 5.92 Å². The quantitative estimate of drug-likeness (QED) is 0.835. The first-order valence-electron chi connectivity index (χ1n) is 7.30. The van der Waals surface area contributed by atoms with Crippen molar-refractivity contribution in [3.05, 3.63) is 53.3 Å². The van der Waals surface area contributed by atoms with Crippen molar-refractivity contribution in [1.29, 1.82) is 0 Å². The average molecular weight is 268 g/mol. The van der Waals surface area contributed by atoms with E-state index < -0.39 is 0 Å². The Hall–Kier alpha value is -1.90. The van der Waals surface area contributed by atoms with Gasteiger partial charge in [0.2, 0.25) is 0 Å². The number of carbonyl (C=O) groups excluding carboxylic acids is 1. The maximum Gasteiger partial charge on any atom is 0.142 e. The van der Waals surface area contributed by atoms with Crippen molar-refractivity contribution in [3.8, 4) is 0 Å². The summed E-state index contributed by atoms with van der Waals surface area (Å²) >= 11 is 0. The minimum Gasteiger partial charge on any atom is -0.299 e. The van der Waals surface area contributed by atoms with Crippen LogP contribution >= 0.6 is 0 Å². The Kier molecular flexibility index (Phi) is 3.43. The van der Waals surface area contributed by atoms with Crippen molar-refractivity contribution < 1.29 is 4.79 Å². The zero-order valence-corrected chi connectivity index (χ0v) is 12.0. The van der Waals surface area contributed by atoms with Crippen LogP contribution in [-0.2, 0) is 17.8 Å². The summed E-state index contributed by atoms with van der Waals surface area (Å²) < 4.78 is 1.94. The first-order valence-corrected chi connectivity index (χ1v) is 7.30. The predicted octanol–water partition coefficient (Wildman–Crippen LogP) is 3.13. The molecule has 0 amide bonds. The first-order chi connectivity index (χ1) is 9.69. The van der Waals surface area contributed by atoms with Gasteiger partial charge < -0.3 is 0 Å². The molecule has 2 atom stereocenters. The van der Waals surface area contributed by atoms with E-state index in [0.29, 0.717) is 18.1 Å². The third kappa shape index (κ3) is 2.53. The summed E-state index contributed by atoms with van der Waals surface area (Å²) in [4.78, 5) is 12.4. The van der Waals surface area contributed by atoms with E-state index in [2.05, 4.69) is 24.2 Å². The molecule has 2 unspecified atom stereocenters. The molecule has 3 heteroatoms.